The van der Waals surface area contributed by atoms with E-state index in [1.165, 1.54) is 0 Å². The van der Waals surface area contributed by atoms with Crippen LogP contribution in [0, 0.1) is 0 Å². The Labute approximate surface area is 162 Å². The van der Waals surface area contributed by atoms with E-state index >= 15 is 0 Å². The van der Waals surface area contributed by atoms with Crippen molar-refractivity contribution in [3.8, 4) is 0 Å². The lowest BCUT2D eigenvalue weighted by Gasteiger charge is -2.06. The smallest absolute Gasteiger partial charge is 0.0778 e. The molecule has 2 aliphatic rings. The molecule has 0 aliphatic carbocycles. The highest BCUT2D eigenvalue weighted by atomic mass is 15.2. The average molecular weight is 364 g/mol. The second kappa shape index (κ2) is 7.08. The predicted octanol–water partition coefficient (Wildman–Crippen LogP) is 3.67. The number of nitrogens with zero attached hydrogens (tertiary/aromatic N) is 6. The minimum atomic E-state index is 0.694. The SMILES string of the molecule is c1cncc(C2=NN=C(c3cccc(C4=NN=C(c5cccnc5)C4)c3)C2)c1. The number of hydrogen-bond acceptors (Lipinski definition) is 6. The summed E-state index contributed by atoms with van der Waals surface area (Å²) in [6, 6.07) is 16.1. The maximum absolute atomic E-state index is 4.39. The van der Waals surface area contributed by atoms with E-state index in [1.807, 2.05) is 42.7 Å². The molecule has 0 unspecified atom stereocenters. The predicted molar refractivity (Wildman–Crippen MR) is 110 cm³/mol. The van der Waals surface area contributed by atoms with Gasteiger partial charge in [0.2, 0.25) is 0 Å². The fraction of sp³-hybridized carbons (Fsp3) is 0.0909. The first-order valence-electron chi connectivity index (χ1n) is 9.05. The number of aromatic nitrogens is 2. The summed E-state index contributed by atoms with van der Waals surface area (Å²) in [5, 5.41) is 17.5. The van der Waals surface area contributed by atoms with E-state index in [0.29, 0.717) is 12.8 Å². The Hall–Kier alpha value is -3.80. The largest absolute Gasteiger partial charge is 0.264 e. The van der Waals surface area contributed by atoms with E-state index in [2.05, 4.69) is 48.6 Å². The molecule has 0 radical (unpaired) electrons. The normalized spacial score (nSPS) is 15.7. The lowest BCUT2D eigenvalue weighted by Crippen LogP contribution is -2.08. The zero-order valence-electron chi connectivity index (χ0n) is 15.0. The fourth-order valence-electron chi connectivity index (χ4n) is 3.28. The highest BCUT2D eigenvalue weighted by molar-refractivity contribution is 6.22. The van der Waals surface area contributed by atoms with Crippen molar-refractivity contribution >= 4 is 22.8 Å². The van der Waals surface area contributed by atoms with Crippen LogP contribution in [0.1, 0.15) is 35.1 Å². The van der Waals surface area contributed by atoms with Crippen LogP contribution < -0.4 is 0 Å². The van der Waals surface area contributed by atoms with Gasteiger partial charge in [-0.3, -0.25) is 9.97 Å². The molecule has 134 valence electrons. The van der Waals surface area contributed by atoms with Crippen LogP contribution in [0.3, 0.4) is 0 Å². The van der Waals surface area contributed by atoms with Crippen molar-refractivity contribution in [2.75, 3.05) is 0 Å². The van der Waals surface area contributed by atoms with Crippen LogP contribution >= 0.6 is 0 Å². The molecule has 0 saturated carbocycles. The molecule has 0 amide bonds. The Morgan fingerprint density at radius 3 is 1.36 bits per heavy atom. The van der Waals surface area contributed by atoms with Gasteiger partial charge in [0, 0.05) is 48.8 Å². The lowest BCUT2D eigenvalue weighted by molar-refractivity contribution is 1.25. The minimum Gasteiger partial charge on any atom is -0.264 e. The molecule has 4 heterocycles. The molecule has 0 atom stereocenters. The summed E-state index contributed by atoms with van der Waals surface area (Å²) in [7, 11) is 0. The maximum Gasteiger partial charge on any atom is 0.0778 e. The molecule has 1 aromatic carbocycles. The van der Waals surface area contributed by atoms with Crippen molar-refractivity contribution in [3.63, 3.8) is 0 Å². The third-order valence-corrected chi connectivity index (χ3v) is 4.77. The molecule has 28 heavy (non-hydrogen) atoms. The van der Waals surface area contributed by atoms with E-state index in [4.69, 9.17) is 0 Å². The van der Waals surface area contributed by atoms with Crippen LogP contribution in [0.5, 0.6) is 0 Å². The Kier molecular flexibility index (Phi) is 4.14. The van der Waals surface area contributed by atoms with Gasteiger partial charge in [0.25, 0.3) is 0 Å². The van der Waals surface area contributed by atoms with Crippen LogP contribution in [-0.4, -0.2) is 32.8 Å². The van der Waals surface area contributed by atoms with Gasteiger partial charge in [-0.25, -0.2) is 0 Å². The van der Waals surface area contributed by atoms with E-state index in [9.17, 15) is 0 Å². The van der Waals surface area contributed by atoms with Crippen LogP contribution in [0.15, 0.2) is 93.7 Å². The van der Waals surface area contributed by atoms with Crippen molar-refractivity contribution in [2.45, 2.75) is 12.8 Å². The number of rotatable bonds is 4. The van der Waals surface area contributed by atoms with Crippen LogP contribution in [0.4, 0.5) is 0 Å². The van der Waals surface area contributed by atoms with E-state index < -0.39 is 0 Å². The molecule has 0 bridgehead atoms. The number of pyridine rings is 2. The summed E-state index contributed by atoms with van der Waals surface area (Å²) >= 11 is 0. The fourth-order valence-corrected chi connectivity index (χ4v) is 3.28. The molecule has 0 fully saturated rings. The summed E-state index contributed by atoms with van der Waals surface area (Å²) in [5.41, 5.74) is 7.90. The topological polar surface area (TPSA) is 75.2 Å². The second-order valence-corrected chi connectivity index (χ2v) is 6.60. The monoisotopic (exact) mass is 364 g/mol. The third-order valence-electron chi connectivity index (χ3n) is 4.77. The van der Waals surface area contributed by atoms with Crippen LogP contribution in [0.25, 0.3) is 0 Å². The van der Waals surface area contributed by atoms with Crippen molar-refractivity contribution in [3.05, 3.63) is 95.6 Å². The molecule has 0 saturated heterocycles. The zero-order chi connectivity index (χ0) is 18.8. The lowest BCUT2D eigenvalue weighted by atomic mass is 9.97. The standard InChI is InChI=1S/C22H16N6/c1-4-15(19-11-21(27-25-19)17-6-2-8-23-13-17)10-16(5-1)20-12-22(28-26-20)18-7-3-9-24-14-18/h1-10,13-14H,11-12H2. The van der Waals surface area contributed by atoms with Gasteiger partial charge in [0.05, 0.1) is 22.8 Å². The van der Waals surface area contributed by atoms with E-state index in [0.717, 1.165) is 45.1 Å². The highest BCUT2D eigenvalue weighted by Gasteiger charge is 2.19. The Morgan fingerprint density at radius 1 is 0.500 bits per heavy atom. The molecule has 6 nitrogen and oxygen atoms in total. The molecule has 0 spiro atoms. The van der Waals surface area contributed by atoms with Crippen molar-refractivity contribution in [2.24, 2.45) is 20.4 Å². The van der Waals surface area contributed by atoms with Gasteiger partial charge in [-0.05, 0) is 41.5 Å². The van der Waals surface area contributed by atoms with Crippen molar-refractivity contribution in [1.82, 2.24) is 9.97 Å². The molecule has 2 aliphatic heterocycles. The highest BCUT2D eigenvalue weighted by Crippen LogP contribution is 2.20. The molecule has 3 aromatic rings. The molecule has 6 heteroatoms. The van der Waals surface area contributed by atoms with Crippen LogP contribution in [0.2, 0.25) is 0 Å². The Balaban J connectivity index is 1.32. The number of benzene rings is 1. The van der Waals surface area contributed by atoms with E-state index in [1.54, 1.807) is 12.4 Å². The first-order valence-corrected chi connectivity index (χ1v) is 9.05. The summed E-state index contributed by atoms with van der Waals surface area (Å²) in [6.45, 7) is 0. The third kappa shape index (κ3) is 3.16. The Morgan fingerprint density at radius 2 is 0.929 bits per heavy atom. The molecule has 5 rings (SSSR count). The average Bonchev–Trinajstić information content (AvgIpc) is 3.46. The van der Waals surface area contributed by atoms with Crippen LogP contribution in [-0.2, 0) is 0 Å². The van der Waals surface area contributed by atoms with Gasteiger partial charge >= 0.3 is 0 Å². The van der Waals surface area contributed by atoms with Gasteiger partial charge in [-0.2, -0.15) is 20.4 Å². The second-order valence-electron chi connectivity index (χ2n) is 6.60. The van der Waals surface area contributed by atoms with Crippen molar-refractivity contribution < 1.29 is 0 Å². The molecule has 2 aromatic heterocycles. The first-order chi connectivity index (χ1) is 13.9. The number of hydrogen-bond donors (Lipinski definition) is 0. The summed E-state index contributed by atoms with van der Waals surface area (Å²) < 4.78 is 0. The zero-order valence-corrected chi connectivity index (χ0v) is 15.0. The quantitative estimate of drug-likeness (QED) is 0.708. The summed E-state index contributed by atoms with van der Waals surface area (Å²) in [6.07, 6.45) is 8.54. The minimum absolute atomic E-state index is 0.694. The molecular weight excluding hydrogens is 348 g/mol. The maximum atomic E-state index is 4.39. The summed E-state index contributed by atoms with van der Waals surface area (Å²) in [5.74, 6) is 0. The van der Waals surface area contributed by atoms with Gasteiger partial charge < -0.3 is 0 Å². The van der Waals surface area contributed by atoms with Gasteiger partial charge in [0.15, 0.2) is 0 Å². The van der Waals surface area contributed by atoms with E-state index in [-0.39, 0.29) is 0 Å². The summed E-state index contributed by atoms with van der Waals surface area (Å²) in [4.78, 5) is 8.32. The molecular formula is C22H16N6. The van der Waals surface area contributed by atoms with Gasteiger partial charge in [-0.15, -0.1) is 0 Å². The molecule has 0 N–H and O–H groups in total. The van der Waals surface area contributed by atoms with Gasteiger partial charge in [-0.1, -0.05) is 18.2 Å². The first kappa shape index (κ1) is 16.4. The Bertz CT molecular complexity index is 1060. The van der Waals surface area contributed by atoms with Crippen molar-refractivity contribution in [1.29, 1.82) is 0 Å². The van der Waals surface area contributed by atoms with Gasteiger partial charge in [0.1, 0.15) is 0 Å².